The molecule has 5 heteroatoms. The molecule has 0 N–H and O–H groups in total. The van der Waals surface area contributed by atoms with Gasteiger partial charge in [0, 0.05) is 25.9 Å². The molecule has 0 saturated heterocycles. The molecule has 1 unspecified atom stereocenters. The predicted molar refractivity (Wildman–Crippen MR) is 54.9 cm³/mol. The van der Waals surface area contributed by atoms with Gasteiger partial charge in [0.1, 0.15) is 0 Å². The largest absolute Gasteiger partial charge is 0.332 e. The van der Waals surface area contributed by atoms with E-state index in [1.807, 2.05) is 0 Å². The first-order valence-corrected chi connectivity index (χ1v) is 5.20. The van der Waals surface area contributed by atoms with Crippen molar-refractivity contribution >= 4 is 17.3 Å². The summed E-state index contributed by atoms with van der Waals surface area (Å²) in [6.07, 6.45) is 4.47. The molecule has 0 bridgehead atoms. The van der Waals surface area contributed by atoms with Gasteiger partial charge in [-0.15, -0.1) is 0 Å². The highest BCUT2D eigenvalue weighted by atomic mass is 16.2. The van der Waals surface area contributed by atoms with Crippen LogP contribution in [0.4, 0.5) is 0 Å². The zero-order chi connectivity index (χ0) is 11.7. The fourth-order valence-corrected chi connectivity index (χ4v) is 1.92. The van der Waals surface area contributed by atoms with Crippen LogP contribution in [0.1, 0.15) is 29.9 Å². The van der Waals surface area contributed by atoms with Crippen molar-refractivity contribution in [3.8, 4) is 0 Å². The quantitative estimate of drug-likeness (QED) is 0.414. The molecule has 1 aromatic heterocycles. The summed E-state index contributed by atoms with van der Waals surface area (Å²) < 4.78 is 1.56. The molecule has 1 aliphatic carbocycles. The van der Waals surface area contributed by atoms with Crippen LogP contribution in [0.15, 0.2) is 12.4 Å². The second kappa shape index (κ2) is 4.00. The Labute approximate surface area is 92.5 Å². The highest BCUT2D eigenvalue weighted by Gasteiger charge is 2.36. The summed E-state index contributed by atoms with van der Waals surface area (Å²) in [7, 11) is 1.69. The third-order valence-corrected chi connectivity index (χ3v) is 2.85. The molecule has 1 saturated carbocycles. The summed E-state index contributed by atoms with van der Waals surface area (Å²) >= 11 is 0. The van der Waals surface area contributed by atoms with Crippen molar-refractivity contribution in [2.45, 2.75) is 19.3 Å². The average molecular weight is 220 g/mol. The Hall–Kier alpha value is -1.78. The molecule has 1 fully saturated rings. The molecule has 1 heterocycles. The summed E-state index contributed by atoms with van der Waals surface area (Å²) in [5, 5.41) is 0. The molecule has 1 aromatic rings. The van der Waals surface area contributed by atoms with Gasteiger partial charge < -0.3 is 4.57 Å². The summed E-state index contributed by atoms with van der Waals surface area (Å²) in [6.45, 7) is 0. The second-order valence-electron chi connectivity index (χ2n) is 3.96. The van der Waals surface area contributed by atoms with Crippen molar-refractivity contribution < 1.29 is 14.4 Å². The van der Waals surface area contributed by atoms with Crippen LogP contribution in [0.3, 0.4) is 0 Å². The number of aromatic nitrogens is 2. The number of hydrogen-bond acceptors (Lipinski definition) is 4. The van der Waals surface area contributed by atoms with Gasteiger partial charge in [0.15, 0.2) is 11.6 Å². The Kier molecular flexibility index (Phi) is 2.68. The number of hydrogen-bond donors (Lipinski definition) is 0. The average Bonchev–Trinajstić information content (AvgIpc) is 2.68. The minimum absolute atomic E-state index is 0.244. The van der Waals surface area contributed by atoms with Crippen LogP contribution >= 0.6 is 0 Å². The Morgan fingerprint density at radius 2 is 2.25 bits per heavy atom. The van der Waals surface area contributed by atoms with Crippen LogP contribution in [0, 0.1) is 5.92 Å². The number of rotatable bonds is 2. The molecule has 0 aromatic carbocycles. The fraction of sp³-hybridized carbons (Fsp3) is 0.455. The van der Waals surface area contributed by atoms with Crippen LogP contribution in [-0.2, 0) is 16.6 Å². The van der Waals surface area contributed by atoms with E-state index in [1.54, 1.807) is 17.8 Å². The minimum Gasteiger partial charge on any atom is -0.332 e. The molecule has 0 spiro atoms. The highest BCUT2D eigenvalue weighted by Crippen LogP contribution is 2.21. The van der Waals surface area contributed by atoms with Crippen molar-refractivity contribution in [3.63, 3.8) is 0 Å². The van der Waals surface area contributed by atoms with Gasteiger partial charge in [0.05, 0.1) is 5.92 Å². The summed E-state index contributed by atoms with van der Waals surface area (Å²) in [6, 6.07) is 0. The monoisotopic (exact) mass is 220 g/mol. The Balaban J connectivity index is 2.25. The van der Waals surface area contributed by atoms with E-state index in [0.717, 1.165) is 0 Å². The van der Waals surface area contributed by atoms with Gasteiger partial charge in [-0.2, -0.15) is 0 Å². The number of imidazole rings is 1. The maximum absolute atomic E-state index is 12.0. The van der Waals surface area contributed by atoms with Gasteiger partial charge in [0.25, 0.3) is 0 Å². The van der Waals surface area contributed by atoms with Gasteiger partial charge in [-0.25, -0.2) is 4.98 Å². The van der Waals surface area contributed by atoms with E-state index in [1.165, 1.54) is 6.20 Å². The number of nitrogens with zero attached hydrogens (tertiary/aromatic N) is 2. The van der Waals surface area contributed by atoms with Crippen LogP contribution in [-0.4, -0.2) is 26.9 Å². The molecular formula is C11H12N2O3. The number of carbonyl (C=O) groups is 3. The second-order valence-corrected chi connectivity index (χ2v) is 3.96. The third kappa shape index (κ3) is 1.68. The first-order valence-electron chi connectivity index (χ1n) is 5.20. The lowest BCUT2D eigenvalue weighted by Crippen LogP contribution is -2.35. The zero-order valence-corrected chi connectivity index (χ0v) is 8.97. The molecular weight excluding hydrogens is 208 g/mol. The molecule has 2 rings (SSSR count). The predicted octanol–water partition coefficient (Wildman–Crippen LogP) is 0.541. The number of aryl methyl sites for hydroxylation is 1. The maximum Gasteiger partial charge on any atom is 0.209 e. The van der Waals surface area contributed by atoms with Crippen molar-refractivity contribution in [3.05, 3.63) is 18.2 Å². The third-order valence-electron chi connectivity index (χ3n) is 2.85. The van der Waals surface area contributed by atoms with Crippen molar-refractivity contribution in [2.75, 3.05) is 0 Å². The number of ketones is 3. The number of Topliss-reactive ketones (excluding diaryl/α,β-unsaturated/α-hetero) is 3. The van der Waals surface area contributed by atoms with Crippen LogP contribution in [0.2, 0.25) is 0 Å². The lowest BCUT2D eigenvalue weighted by molar-refractivity contribution is -0.139. The molecule has 0 aliphatic heterocycles. The van der Waals surface area contributed by atoms with E-state index in [-0.39, 0.29) is 18.0 Å². The Morgan fingerprint density at radius 1 is 1.50 bits per heavy atom. The van der Waals surface area contributed by atoms with Crippen molar-refractivity contribution in [1.29, 1.82) is 0 Å². The topological polar surface area (TPSA) is 69.0 Å². The Morgan fingerprint density at radius 3 is 2.88 bits per heavy atom. The molecule has 84 valence electrons. The Bertz CT molecular complexity index is 462. The normalized spacial score (nSPS) is 21.2. The SMILES string of the molecule is Cn1ccnc1C(=O)C1CCCC(=O)C1=O. The van der Waals surface area contributed by atoms with Gasteiger partial charge in [-0.1, -0.05) is 0 Å². The van der Waals surface area contributed by atoms with E-state index in [9.17, 15) is 14.4 Å². The molecule has 1 atom stereocenters. The molecule has 16 heavy (non-hydrogen) atoms. The van der Waals surface area contributed by atoms with E-state index in [4.69, 9.17) is 0 Å². The van der Waals surface area contributed by atoms with Gasteiger partial charge in [-0.3, -0.25) is 14.4 Å². The van der Waals surface area contributed by atoms with Crippen LogP contribution in [0.5, 0.6) is 0 Å². The first kappa shape index (κ1) is 10.7. The summed E-state index contributed by atoms with van der Waals surface area (Å²) in [5.74, 6) is -1.90. The molecule has 5 nitrogen and oxygen atoms in total. The number of carbonyl (C=O) groups excluding carboxylic acids is 3. The van der Waals surface area contributed by atoms with Crippen LogP contribution in [0.25, 0.3) is 0 Å². The van der Waals surface area contributed by atoms with Crippen molar-refractivity contribution in [1.82, 2.24) is 9.55 Å². The van der Waals surface area contributed by atoms with E-state index < -0.39 is 17.5 Å². The zero-order valence-electron chi connectivity index (χ0n) is 8.97. The maximum atomic E-state index is 12.0. The first-order chi connectivity index (χ1) is 7.61. The van der Waals surface area contributed by atoms with Gasteiger partial charge in [-0.05, 0) is 12.8 Å². The van der Waals surface area contributed by atoms with Gasteiger partial charge in [0.2, 0.25) is 11.6 Å². The van der Waals surface area contributed by atoms with E-state index in [2.05, 4.69) is 4.98 Å². The fourth-order valence-electron chi connectivity index (χ4n) is 1.92. The van der Waals surface area contributed by atoms with E-state index in [0.29, 0.717) is 12.8 Å². The van der Waals surface area contributed by atoms with Crippen molar-refractivity contribution in [2.24, 2.45) is 13.0 Å². The minimum atomic E-state index is -0.817. The molecule has 0 radical (unpaired) electrons. The van der Waals surface area contributed by atoms with Crippen LogP contribution < -0.4 is 0 Å². The van der Waals surface area contributed by atoms with Gasteiger partial charge >= 0.3 is 0 Å². The van der Waals surface area contributed by atoms with E-state index >= 15 is 0 Å². The molecule has 0 amide bonds. The molecule has 1 aliphatic rings. The smallest absolute Gasteiger partial charge is 0.209 e. The lowest BCUT2D eigenvalue weighted by atomic mass is 9.84. The lowest BCUT2D eigenvalue weighted by Gasteiger charge is -2.17. The standard InChI is InChI=1S/C11H12N2O3/c1-13-6-5-12-11(13)10(16)7-3-2-4-8(14)9(7)15/h5-7H,2-4H2,1H3. The highest BCUT2D eigenvalue weighted by molar-refractivity contribution is 6.42. The summed E-state index contributed by atoms with van der Waals surface area (Å²) in [4.78, 5) is 38.7. The summed E-state index contributed by atoms with van der Waals surface area (Å²) in [5.41, 5.74) is 0.